The van der Waals surface area contributed by atoms with Crippen LogP contribution in [0.5, 0.6) is 0 Å². The van der Waals surface area contributed by atoms with E-state index >= 15 is 4.79 Å². The van der Waals surface area contributed by atoms with E-state index in [9.17, 15) is 43.5 Å². The minimum atomic E-state index is -1.47. The molecule has 400 valence electrons. The number of guanidine groups is 1. The summed E-state index contributed by atoms with van der Waals surface area (Å²) >= 11 is 0. The Morgan fingerprint density at radius 2 is 1.59 bits per heavy atom. The number of carbonyl (C=O) groups is 9. The summed E-state index contributed by atoms with van der Waals surface area (Å²) in [5.74, 6) is -8.49. The molecule has 74 heavy (non-hydrogen) atoms. The van der Waals surface area contributed by atoms with Gasteiger partial charge in [-0.15, -0.1) is 0 Å². The maximum atomic E-state index is 15.4. The van der Waals surface area contributed by atoms with E-state index in [1.807, 2.05) is 45.9 Å². The fraction of sp³-hybridized carbons (Fsp3) is 0.596. The second kappa shape index (κ2) is 23.4. The molecular weight excluding hydrogens is 953 g/mol. The van der Waals surface area contributed by atoms with Crippen LogP contribution in [0.3, 0.4) is 0 Å². The number of Topliss-reactive ketones (excluding diaryl/α,β-unsaturated/α-hetero) is 2. The quantitative estimate of drug-likeness (QED) is 0.0746. The van der Waals surface area contributed by atoms with E-state index < -0.39 is 107 Å². The lowest BCUT2D eigenvalue weighted by Gasteiger charge is -2.33. The average Bonchev–Trinajstić information content (AvgIpc) is 4.17. The summed E-state index contributed by atoms with van der Waals surface area (Å²) in [6.07, 6.45) is 4.17. The molecule has 1 saturated carbocycles. The van der Waals surface area contributed by atoms with Crippen molar-refractivity contribution in [2.45, 2.75) is 154 Å². The third-order valence-corrected chi connectivity index (χ3v) is 14.8. The van der Waals surface area contributed by atoms with Gasteiger partial charge in [0, 0.05) is 79.2 Å². The first-order valence-electron chi connectivity index (χ1n) is 25.9. The van der Waals surface area contributed by atoms with E-state index in [2.05, 4.69) is 41.5 Å². The van der Waals surface area contributed by atoms with Gasteiger partial charge in [-0.3, -0.25) is 47.9 Å². The van der Waals surface area contributed by atoms with Crippen molar-refractivity contribution < 1.29 is 48.3 Å². The van der Waals surface area contributed by atoms with E-state index in [1.165, 1.54) is 11.2 Å². The molecule has 2 unspecified atom stereocenters. The third-order valence-electron chi connectivity index (χ3n) is 14.8. The lowest BCUT2D eigenvalue weighted by Crippen LogP contribution is -2.58. The zero-order valence-electron chi connectivity index (χ0n) is 43.1. The van der Waals surface area contributed by atoms with Crippen LogP contribution >= 0.6 is 0 Å². The minimum absolute atomic E-state index is 0.0242. The molecule has 0 radical (unpaired) electrons. The summed E-state index contributed by atoms with van der Waals surface area (Å²) < 4.78 is 1.65. The number of aromatic nitrogens is 3. The van der Waals surface area contributed by atoms with E-state index in [4.69, 9.17) is 11.5 Å². The molecule has 4 aliphatic heterocycles. The molecule has 6 amide bonds. The van der Waals surface area contributed by atoms with Crippen LogP contribution in [0.1, 0.15) is 122 Å². The van der Waals surface area contributed by atoms with Crippen LogP contribution in [-0.2, 0) is 56.0 Å². The molecule has 1 aliphatic carbocycles. The van der Waals surface area contributed by atoms with Crippen LogP contribution < -0.4 is 38.1 Å². The monoisotopic (exact) mass is 1020 g/mol. The molecule has 22 heteroatoms. The number of aromatic amines is 1. The predicted molar refractivity (Wildman–Crippen MR) is 272 cm³/mol. The summed E-state index contributed by atoms with van der Waals surface area (Å²) in [6.45, 7) is 11.4. The maximum absolute atomic E-state index is 15.4. The molecule has 1 saturated heterocycles. The van der Waals surface area contributed by atoms with Crippen LogP contribution in [0.15, 0.2) is 35.7 Å². The van der Waals surface area contributed by atoms with Crippen LogP contribution in [0.4, 0.5) is 0 Å². The number of nitrogens with zero attached hydrogens (tertiary/aromatic N) is 4. The van der Waals surface area contributed by atoms with Gasteiger partial charge in [0.2, 0.25) is 35.4 Å². The fourth-order valence-electron chi connectivity index (χ4n) is 11.0. The van der Waals surface area contributed by atoms with Gasteiger partial charge >= 0.3 is 5.97 Å². The first-order valence-corrected chi connectivity index (χ1v) is 25.9. The Kier molecular flexibility index (Phi) is 17.3. The highest BCUT2D eigenvalue weighted by atomic mass is 16.4. The van der Waals surface area contributed by atoms with Crippen LogP contribution in [0.2, 0.25) is 0 Å². The van der Waals surface area contributed by atoms with Gasteiger partial charge in [-0.1, -0.05) is 53.7 Å². The smallest absolute Gasteiger partial charge is 0.326 e. The highest BCUT2D eigenvalue weighted by Gasteiger charge is 2.43. The number of nitrogens with one attached hydrogen (secondary N) is 6. The summed E-state index contributed by atoms with van der Waals surface area (Å²) in [5, 5.41) is 25.3. The largest absolute Gasteiger partial charge is 0.480 e. The van der Waals surface area contributed by atoms with Gasteiger partial charge in [0.25, 0.3) is 0 Å². The van der Waals surface area contributed by atoms with Crippen LogP contribution in [0.25, 0.3) is 16.7 Å². The normalized spacial score (nSPS) is 26.5. The van der Waals surface area contributed by atoms with Gasteiger partial charge in [0.05, 0.1) is 11.7 Å². The average molecular weight is 1030 g/mol. The number of fused-ring (bicyclic) bond motifs is 14. The van der Waals surface area contributed by atoms with Crippen molar-refractivity contribution in [3.63, 3.8) is 0 Å². The first-order chi connectivity index (χ1) is 35.1. The summed E-state index contributed by atoms with van der Waals surface area (Å²) in [5.41, 5.74) is 13.1. The summed E-state index contributed by atoms with van der Waals surface area (Å²) in [7, 11) is 0. The predicted octanol–water partition coefficient (Wildman–Crippen LogP) is 1.41. The molecule has 5 aliphatic rings. The molecule has 2 aromatic heterocycles. The SMILES string of the molecule is CC(C)C[C@@H]1NC(=O)[C@@H](NC(=O)C2CCC(=O)C2)[C@H](C(C)C)c2ccc3c4c([nH]c3c2)-n2cnc(c2)C[C@@H](C(=O)O)NC(=O)[C@H](CCCN=C(N)N)NC(=O)[C@@H]2CCCN2C(=O)C(CC(=O)[C@H](C(C)C)NC1=O)C4. The molecule has 22 nitrogen and oxygen atoms in total. The zero-order valence-corrected chi connectivity index (χ0v) is 43.1. The number of carboxylic acids is 1. The highest BCUT2D eigenvalue weighted by molar-refractivity contribution is 5.99. The fourth-order valence-corrected chi connectivity index (χ4v) is 11.0. The zero-order chi connectivity index (χ0) is 53.7. The van der Waals surface area contributed by atoms with Crippen molar-refractivity contribution in [3.8, 4) is 5.82 Å². The van der Waals surface area contributed by atoms with Crippen molar-refractivity contribution in [2.75, 3.05) is 13.1 Å². The topological polar surface area (TPSA) is 335 Å². The lowest BCUT2D eigenvalue weighted by atomic mass is 9.81. The third kappa shape index (κ3) is 12.6. The molecule has 11 N–H and O–H groups in total. The Bertz CT molecular complexity index is 2690. The number of hydrogen-bond acceptors (Lipinski definition) is 11. The number of H-pyrrole nitrogens is 1. The van der Waals surface area contributed by atoms with Crippen LogP contribution in [-0.4, -0.2) is 133 Å². The molecule has 9 atom stereocenters. The van der Waals surface area contributed by atoms with E-state index in [-0.39, 0.29) is 100 Å². The number of hydrogen-bond donors (Lipinski definition) is 9. The number of ketones is 2. The first kappa shape index (κ1) is 54.6. The van der Waals surface area contributed by atoms with E-state index in [0.29, 0.717) is 40.7 Å². The highest BCUT2D eigenvalue weighted by Crippen LogP contribution is 2.37. The Morgan fingerprint density at radius 1 is 0.865 bits per heavy atom. The lowest BCUT2D eigenvalue weighted by molar-refractivity contribution is -0.144. The van der Waals surface area contributed by atoms with Gasteiger partial charge in [0.1, 0.15) is 48.1 Å². The van der Waals surface area contributed by atoms with Gasteiger partial charge in [-0.25, -0.2) is 9.78 Å². The van der Waals surface area contributed by atoms with Gasteiger partial charge in [-0.05, 0) is 74.3 Å². The van der Waals surface area contributed by atoms with E-state index in [1.54, 1.807) is 24.6 Å². The number of amides is 6. The second-order valence-electron chi connectivity index (χ2n) is 21.6. The summed E-state index contributed by atoms with van der Waals surface area (Å²) in [4.78, 5) is 141. The Balaban J connectivity index is 1.41. The Hall–Kier alpha value is -7.13. The number of carboxylic acid groups (broad SMARTS) is 1. The minimum Gasteiger partial charge on any atom is -0.480 e. The van der Waals surface area contributed by atoms with Gasteiger partial charge < -0.3 is 53.0 Å². The van der Waals surface area contributed by atoms with Crippen LogP contribution in [0, 0.1) is 29.6 Å². The van der Waals surface area contributed by atoms with Crippen molar-refractivity contribution in [1.29, 1.82) is 0 Å². The maximum Gasteiger partial charge on any atom is 0.326 e. The van der Waals surface area contributed by atoms with Crippen molar-refractivity contribution in [2.24, 2.45) is 46.0 Å². The number of rotatable bonds is 11. The number of nitrogens with two attached hydrogens (primary N) is 2. The molecular formula is C52H72N12O10. The molecule has 2 fully saturated rings. The second-order valence-corrected chi connectivity index (χ2v) is 21.6. The van der Waals surface area contributed by atoms with E-state index in [0.717, 1.165) is 0 Å². The Labute approximate surface area is 429 Å². The van der Waals surface area contributed by atoms with Crippen molar-refractivity contribution in [3.05, 3.63) is 47.5 Å². The number of carbonyl (C=O) groups excluding carboxylic acids is 8. The molecule has 7 bridgehead atoms. The Morgan fingerprint density at radius 3 is 2.26 bits per heavy atom. The van der Waals surface area contributed by atoms with Crippen molar-refractivity contribution >= 4 is 69.8 Å². The molecule has 6 heterocycles. The number of imidazole rings is 1. The van der Waals surface area contributed by atoms with Gasteiger partial charge in [-0.2, -0.15) is 0 Å². The standard InChI is InChI=1S/C52H72N12O10/c1-25(2)17-37-47(69)61-42(27(5)6)40(66)21-30-19-34-33-14-12-28(41(26(3)4)43(49(71)59-37)62-45(67)29-11-13-32(65)18-29)20-36(33)57-44(34)63-23-31(56-24-63)22-38(51(73)74)60-46(68)35(9-7-15-55-52(53)54)58-48(70)39-10-8-16-64(39)50(30)72/h12,14,20,23-27,29-30,35,37-39,41-43,57H,7-11,13,15-19,21-22H2,1-6H3,(H,58,70)(H,59,71)(H,60,68)(H,61,69)(H,62,67)(H,73,74)(H4,53,54,55)/t29?,30?,35-,37-,38-,39-,41+,42-,43-/m0/s1. The number of aliphatic carboxylic acids is 1. The van der Waals surface area contributed by atoms with Gasteiger partial charge in [0.15, 0.2) is 11.7 Å². The summed E-state index contributed by atoms with van der Waals surface area (Å²) in [6, 6.07) is -1.70. The molecule has 0 spiro atoms. The molecule has 1 aromatic carbocycles. The molecule has 8 rings (SSSR count). The number of benzene rings is 1. The van der Waals surface area contributed by atoms with Crippen molar-refractivity contribution in [1.82, 2.24) is 46.0 Å². The molecule has 3 aromatic rings. The number of aliphatic imine (C=N–C) groups is 1.